The SMILES string of the molecule is O=C(N[C@@H]1CC(Cn2ccnc2)C[C@H]1O)c1cncc(C(F)(F)F)c1. The van der Waals surface area contributed by atoms with Gasteiger partial charge in [0.25, 0.3) is 5.91 Å². The molecule has 1 unspecified atom stereocenters. The van der Waals surface area contributed by atoms with E-state index in [0.717, 1.165) is 12.3 Å². The van der Waals surface area contributed by atoms with E-state index in [1.165, 1.54) is 0 Å². The molecule has 3 atom stereocenters. The van der Waals surface area contributed by atoms with Gasteiger partial charge in [-0.1, -0.05) is 0 Å². The van der Waals surface area contributed by atoms with E-state index in [4.69, 9.17) is 0 Å². The summed E-state index contributed by atoms with van der Waals surface area (Å²) in [5.41, 5.74) is -1.16. The van der Waals surface area contributed by atoms with Crippen molar-refractivity contribution in [1.29, 1.82) is 0 Å². The lowest BCUT2D eigenvalue weighted by Gasteiger charge is -2.17. The number of pyridine rings is 1. The minimum Gasteiger partial charge on any atom is -0.391 e. The molecule has 1 aliphatic carbocycles. The first-order chi connectivity index (χ1) is 11.8. The third-order valence-corrected chi connectivity index (χ3v) is 4.30. The molecule has 1 amide bonds. The van der Waals surface area contributed by atoms with Crippen LogP contribution in [0.5, 0.6) is 0 Å². The molecule has 9 heteroatoms. The van der Waals surface area contributed by atoms with Gasteiger partial charge in [-0.2, -0.15) is 13.2 Å². The van der Waals surface area contributed by atoms with Crippen LogP contribution in [0.15, 0.2) is 37.2 Å². The normalized spacial score (nSPS) is 23.6. The quantitative estimate of drug-likeness (QED) is 0.878. The predicted octanol–water partition coefficient (Wildman–Crippen LogP) is 1.87. The van der Waals surface area contributed by atoms with E-state index in [1.807, 2.05) is 10.8 Å². The Bertz CT molecular complexity index is 733. The first kappa shape index (κ1) is 17.4. The van der Waals surface area contributed by atoms with Crippen molar-refractivity contribution in [2.24, 2.45) is 5.92 Å². The summed E-state index contributed by atoms with van der Waals surface area (Å²) in [6.07, 6.45) is 2.63. The topological polar surface area (TPSA) is 80.0 Å². The van der Waals surface area contributed by atoms with Crippen LogP contribution < -0.4 is 5.32 Å². The zero-order valence-corrected chi connectivity index (χ0v) is 13.1. The summed E-state index contributed by atoms with van der Waals surface area (Å²) in [4.78, 5) is 19.6. The molecule has 2 aromatic heterocycles. The molecule has 0 aliphatic heterocycles. The maximum Gasteiger partial charge on any atom is 0.417 e. The second-order valence-electron chi connectivity index (χ2n) is 6.20. The highest BCUT2D eigenvalue weighted by molar-refractivity contribution is 5.94. The van der Waals surface area contributed by atoms with Gasteiger partial charge in [-0.3, -0.25) is 9.78 Å². The molecule has 0 spiro atoms. The minimum absolute atomic E-state index is 0.147. The van der Waals surface area contributed by atoms with Crippen LogP contribution in [0, 0.1) is 5.92 Å². The molecule has 25 heavy (non-hydrogen) atoms. The summed E-state index contributed by atoms with van der Waals surface area (Å²) in [7, 11) is 0. The van der Waals surface area contributed by atoms with Gasteiger partial charge in [0.05, 0.1) is 29.6 Å². The molecular formula is C16H17F3N4O2. The number of carbonyl (C=O) groups is 1. The number of hydrogen-bond acceptors (Lipinski definition) is 4. The lowest BCUT2D eigenvalue weighted by Crippen LogP contribution is -2.40. The maximum absolute atomic E-state index is 12.7. The van der Waals surface area contributed by atoms with Crippen molar-refractivity contribution in [2.75, 3.05) is 0 Å². The Morgan fingerprint density at radius 1 is 1.32 bits per heavy atom. The number of aliphatic hydroxyl groups is 1. The molecular weight excluding hydrogens is 337 g/mol. The van der Waals surface area contributed by atoms with Crippen LogP contribution in [-0.2, 0) is 12.7 Å². The fourth-order valence-corrected chi connectivity index (χ4v) is 3.09. The highest BCUT2D eigenvalue weighted by Gasteiger charge is 2.35. The van der Waals surface area contributed by atoms with Crippen molar-refractivity contribution in [3.05, 3.63) is 48.3 Å². The van der Waals surface area contributed by atoms with Crippen LogP contribution in [0.4, 0.5) is 13.2 Å². The van der Waals surface area contributed by atoms with Crippen molar-refractivity contribution in [1.82, 2.24) is 19.9 Å². The smallest absolute Gasteiger partial charge is 0.391 e. The van der Waals surface area contributed by atoms with Crippen LogP contribution in [0.25, 0.3) is 0 Å². The molecule has 2 heterocycles. The first-order valence-corrected chi connectivity index (χ1v) is 7.80. The fraction of sp³-hybridized carbons (Fsp3) is 0.438. The average molecular weight is 354 g/mol. The number of aromatic nitrogens is 3. The number of nitrogens with one attached hydrogen (secondary N) is 1. The van der Waals surface area contributed by atoms with Gasteiger partial charge >= 0.3 is 6.18 Å². The first-order valence-electron chi connectivity index (χ1n) is 7.80. The molecule has 3 rings (SSSR count). The lowest BCUT2D eigenvalue weighted by molar-refractivity contribution is -0.137. The highest BCUT2D eigenvalue weighted by atomic mass is 19.4. The van der Waals surface area contributed by atoms with Gasteiger partial charge in [-0.05, 0) is 24.8 Å². The van der Waals surface area contributed by atoms with Gasteiger partial charge in [-0.15, -0.1) is 0 Å². The molecule has 0 aromatic carbocycles. The van der Waals surface area contributed by atoms with Gasteiger partial charge in [0, 0.05) is 31.3 Å². The standard InChI is InChI=1S/C16H17F3N4O2/c17-16(18,19)12-5-11(6-21-7-12)15(25)22-13-3-10(4-14(13)24)8-23-2-1-20-9-23/h1-2,5-7,9-10,13-14,24H,3-4,8H2,(H,22,25)/t10?,13-,14-/m1/s1. The average Bonchev–Trinajstić information content (AvgIpc) is 3.17. The van der Waals surface area contributed by atoms with E-state index in [-0.39, 0.29) is 11.5 Å². The van der Waals surface area contributed by atoms with Crippen molar-refractivity contribution in [3.63, 3.8) is 0 Å². The van der Waals surface area contributed by atoms with Crippen LogP contribution in [0.2, 0.25) is 0 Å². The number of halogens is 3. The van der Waals surface area contributed by atoms with Crippen LogP contribution >= 0.6 is 0 Å². The third-order valence-electron chi connectivity index (χ3n) is 4.30. The van der Waals surface area contributed by atoms with E-state index in [9.17, 15) is 23.1 Å². The van der Waals surface area contributed by atoms with Crippen molar-refractivity contribution in [2.45, 2.75) is 37.7 Å². The number of alkyl halides is 3. The molecule has 2 N–H and O–H groups in total. The van der Waals surface area contributed by atoms with E-state index < -0.39 is 29.8 Å². The number of rotatable bonds is 4. The molecule has 1 saturated carbocycles. The maximum atomic E-state index is 12.7. The fourth-order valence-electron chi connectivity index (χ4n) is 3.09. The monoisotopic (exact) mass is 354 g/mol. The third kappa shape index (κ3) is 4.16. The van der Waals surface area contributed by atoms with Gasteiger partial charge in [-0.25, -0.2) is 4.98 Å². The molecule has 0 saturated heterocycles. The van der Waals surface area contributed by atoms with E-state index in [2.05, 4.69) is 15.3 Å². The summed E-state index contributed by atoms with van der Waals surface area (Å²) in [5, 5.41) is 12.7. The number of amides is 1. The van der Waals surface area contributed by atoms with E-state index in [1.54, 1.807) is 12.5 Å². The Labute approximate surface area is 141 Å². The van der Waals surface area contributed by atoms with Gasteiger partial charge in [0.15, 0.2) is 0 Å². The summed E-state index contributed by atoms with van der Waals surface area (Å²) in [6, 6.07) is 0.252. The molecule has 0 radical (unpaired) electrons. The Morgan fingerprint density at radius 3 is 2.80 bits per heavy atom. The summed E-state index contributed by atoms with van der Waals surface area (Å²) < 4.78 is 40.0. The number of aliphatic hydroxyl groups excluding tert-OH is 1. The van der Waals surface area contributed by atoms with Crippen molar-refractivity contribution in [3.8, 4) is 0 Å². The number of nitrogens with zero attached hydrogens (tertiary/aromatic N) is 3. The van der Waals surface area contributed by atoms with Gasteiger partial charge in [0.2, 0.25) is 0 Å². The summed E-state index contributed by atoms with van der Waals surface area (Å²) in [6.45, 7) is 0.661. The minimum atomic E-state index is -4.56. The van der Waals surface area contributed by atoms with Crippen molar-refractivity contribution < 1.29 is 23.1 Å². The van der Waals surface area contributed by atoms with Crippen LogP contribution in [0.3, 0.4) is 0 Å². The second kappa shape index (κ2) is 6.83. The molecule has 0 bridgehead atoms. The van der Waals surface area contributed by atoms with Gasteiger partial charge < -0.3 is 15.0 Å². The number of hydrogen-bond donors (Lipinski definition) is 2. The Balaban J connectivity index is 1.63. The highest BCUT2D eigenvalue weighted by Crippen LogP contribution is 2.30. The molecule has 1 fully saturated rings. The Morgan fingerprint density at radius 2 is 2.12 bits per heavy atom. The largest absolute Gasteiger partial charge is 0.417 e. The van der Waals surface area contributed by atoms with Crippen LogP contribution in [0.1, 0.15) is 28.8 Å². The zero-order valence-electron chi connectivity index (χ0n) is 13.1. The lowest BCUT2D eigenvalue weighted by atomic mass is 10.1. The molecule has 134 valence electrons. The number of imidazole rings is 1. The zero-order chi connectivity index (χ0) is 18.0. The van der Waals surface area contributed by atoms with E-state index in [0.29, 0.717) is 25.6 Å². The van der Waals surface area contributed by atoms with Gasteiger partial charge in [0.1, 0.15) is 0 Å². The molecule has 2 aromatic rings. The van der Waals surface area contributed by atoms with Crippen molar-refractivity contribution >= 4 is 5.91 Å². The Hall–Kier alpha value is -2.42. The summed E-state index contributed by atoms with van der Waals surface area (Å²) >= 11 is 0. The predicted molar refractivity (Wildman–Crippen MR) is 81.5 cm³/mol. The number of carbonyl (C=O) groups excluding carboxylic acids is 1. The molecule has 1 aliphatic rings. The Kier molecular flexibility index (Phi) is 4.76. The molecule has 6 nitrogen and oxygen atoms in total. The second-order valence-corrected chi connectivity index (χ2v) is 6.20. The van der Waals surface area contributed by atoms with Crippen LogP contribution in [-0.4, -0.2) is 37.7 Å². The summed E-state index contributed by atoms with van der Waals surface area (Å²) in [5.74, 6) is -0.528. The van der Waals surface area contributed by atoms with E-state index >= 15 is 0 Å².